The van der Waals surface area contributed by atoms with Crippen LogP contribution in [0.5, 0.6) is 0 Å². The second-order valence-electron chi connectivity index (χ2n) is 7.62. The van der Waals surface area contributed by atoms with Crippen LogP contribution >= 0.6 is 22.2 Å². The van der Waals surface area contributed by atoms with Gasteiger partial charge in [-0.2, -0.15) is 22.2 Å². The molecule has 4 heteroatoms. The minimum atomic E-state index is -1.33. The molecule has 0 amide bonds. The summed E-state index contributed by atoms with van der Waals surface area (Å²) in [6, 6.07) is 1.09. The van der Waals surface area contributed by atoms with Crippen molar-refractivity contribution in [1.82, 2.24) is 0 Å². The quantitative estimate of drug-likeness (QED) is 0.115. The van der Waals surface area contributed by atoms with Crippen molar-refractivity contribution in [1.29, 1.82) is 0 Å². The van der Waals surface area contributed by atoms with E-state index in [1.54, 1.807) is 0 Å². The summed E-state index contributed by atoms with van der Waals surface area (Å²) < 4.78 is 0. The van der Waals surface area contributed by atoms with Crippen LogP contribution < -0.4 is 0 Å². The van der Waals surface area contributed by atoms with Crippen LogP contribution in [-0.4, -0.2) is 19.1 Å². The highest BCUT2D eigenvalue weighted by atomic mass is 35.7. The predicted octanol–water partition coefficient (Wildman–Crippen LogP) is 8.09. The molecule has 0 rings (SSSR count). The van der Waals surface area contributed by atoms with Gasteiger partial charge in [-0.1, -0.05) is 116 Å². The van der Waals surface area contributed by atoms with Gasteiger partial charge in [0.05, 0.1) is 0 Å². The topological polar surface area (TPSA) is 20.2 Å². The zero-order chi connectivity index (χ0) is 18.4. The summed E-state index contributed by atoms with van der Waals surface area (Å²) in [6.07, 6.45) is 25.9. The van der Waals surface area contributed by atoms with Crippen LogP contribution in [0.25, 0.3) is 0 Å². The van der Waals surface area contributed by atoms with Crippen LogP contribution in [0.15, 0.2) is 0 Å². The van der Waals surface area contributed by atoms with Crippen LogP contribution in [0.4, 0.5) is 0 Å². The molecule has 0 aromatic heterocycles. The summed E-state index contributed by atoms with van der Waals surface area (Å²) in [6.45, 7) is 0.367. The first-order valence-electron chi connectivity index (χ1n) is 11.2. The summed E-state index contributed by atoms with van der Waals surface area (Å²) in [5, 5.41) is 8.72. The lowest BCUT2D eigenvalue weighted by atomic mass is 10.0. The van der Waals surface area contributed by atoms with E-state index in [1.807, 2.05) is 0 Å². The van der Waals surface area contributed by atoms with Gasteiger partial charge in [0.15, 0.2) is 0 Å². The number of aliphatic hydroxyl groups excluding tert-OH is 1. The molecule has 0 bridgehead atoms. The summed E-state index contributed by atoms with van der Waals surface area (Å²) in [7, 11) is -1.33. The Morgan fingerprint density at radius 1 is 0.400 bits per heavy atom. The molecule has 25 heavy (non-hydrogen) atoms. The zero-order valence-corrected chi connectivity index (χ0v) is 19.3. The van der Waals surface area contributed by atoms with Crippen LogP contribution in [0.3, 0.4) is 0 Å². The Morgan fingerprint density at radius 3 is 0.880 bits per heavy atom. The molecular formula is C21H44Cl2OSi. The van der Waals surface area contributed by atoms with Crippen LogP contribution in [0, 0.1) is 0 Å². The van der Waals surface area contributed by atoms with Crippen LogP contribution in [0.1, 0.15) is 122 Å². The van der Waals surface area contributed by atoms with Gasteiger partial charge < -0.3 is 5.11 Å². The second kappa shape index (κ2) is 22.8. The smallest absolute Gasteiger partial charge is 0.237 e. The van der Waals surface area contributed by atoms with Crippen LogP contribution in [-0.2, 0) is 0 Å². The summed E-state index contributed by atoms with van der Waals surface area (Å²) in [5.74, 6) is 0. The van der Waals surface area contributed by atoms with Gasteiger partial charge in [-0.3, -0.25) is 0 Å². The minimum Gasteiger partial charge on any atom is -0.396 e. The molecule has 0 saturated carbocycles. The third-order valence-electron chi connectivity index (χ3n) is 5.08. The zero-order valence-electron chi connectivity index (χ0n) is 16.6. The molecule has 0 atom stereocenters. The van der Waals surface area contributed by atoms with Gasteiger partial charge in [-0.15, -0.1) is 0 Å². The molecule has 0 saturated heterocycles. The van der Waals surface area contributed by atoms with Crippen molar-refractivity contribution >= 4 is 29.6 Å². The summed E-state index contributed by atoms with van der Waals surface area (Å²) in [4.78, 5) is 0. The van der Waals surface area contributed by atoms with Gasteiger partial charge in [-0.25, -0.2) is 0 Å². The number of aliphatic hydroxyl groups is 1. The first-order valence-corrected chi connectivity index (χ1v) is 15.5. The van der Waals surface area contributed by atoms with E-state index in [4.69, 9.17) is 27.3 Å². The highest BCUT2D eigenvalue weighted by Gasteiger charge is 2.00. The molecule has 1 N–H and O–H groups in total. The molecule has 0 aliphatic rings. The molecule has 1 nitrogen and oxygen atoms in total. The Labute approximate surface area is 169 Å². The van der Waals surface area contributed by atoms with Gasteiger partial charge in [0.25, 0.3) is 0 Å². The molecule has 0 aliphatic heterocycles. The van der Waals surface area contributed by atoms with Crippen molar-refractivity contribution < 1.29 is 5.11 Å². The fraction of sp³-hybridized carbons (Fsp3) is 1.00. The molecule has 0 spiro atoms. The van der Waals surface area contributed by atoms with Crippen molar-refractivity contribution in [3.8, 4) is 0 Å². The van der Waals surface area contributed by atoms with E-state index in [0.717, 1.165) is 12.5 Å². The van der Waals surface area contributed by atoms with Gasteiger partial charge in [0.1, 0.15) is 0 Å². The SMILES string of the molecule is OCCCCCCCCCCCCCCCCCCCCC[SiH](Cl)Cl. The maximum atomic E-state index is 8.72. The number of unbranched alkanes of at least 4 members (excludes halogenated alkanes) is 18. The number of hydrogen-bond donors (Lipinski definition) is 1. The fourth-order valence-electron chi connectivity index (χ4n) is 3.42. The Morgan fingerprint density at radius 2 is 0.640 bits per heavy atom. The Hall–Kier alpha value is 0.757. The Bertz CT molecular complexity index is 240. The van der Waals surface area contributed by atoms with E-state index in [-0.39, 0.29) is 0 Å². The van der Waals surface area contributed by atoms with Crippen molar-refractivity contribution in [2.75, 3.05) is 6.61 Å². The maximum absolute atomic E-state index is 8.72. The molecule has 0 aromatic rings. The number of rotatable bonds is 21. The van der Waals surface area contributed by atoms with E-state index in [9.17, 15) is 0 Å². The predicted molar refractivity (Wildman–Crippen MR) is 118 cm³/mol. The molecule has 0 radical (unpaired) electrons. The van der Waals surface area contributed by atoms with Gasteiger partial charge in [0.2, 0.25) is 7.42 Å². The van der Waals surface area contributed by atoms with E-state index in [2.05, 4.69) is 0 Å². The maximum Gasteiger partial charge on any atom is 0.237 e. The first kappa shape index (κ1) is 25.8. The third kappa shape index (κ3) is 24.8. The monoisotopic (exact) mass is 410 g/mol. The summed E-state index contributed by atoms with van der Waals surface area (Å²) >= 11 is 11.7. The first-order chi connectivity index (χ1) is 12.3. The average molecular weight is 412 g/mol. The van der Waals surface area contributed by atoms with Crippen molar-refractivity contribution in [2.24, 2.45) is 0 Å². The minimum absolute atomic E-state index is 0.367. The molecular weight excluding hydrogens is 367 g/mol. The number of hydrogen-bond acceptors (Lipinski definition) is 1. The van der Waals surface area contributed by atoms with Gasteiger partial charge in [0, 0.05) is 6.61 Å². The van der Waals surface area contributed by atoms with Crippen molar-refractivity contribution in [3.05, 3.63) is 0 Å². The Balaban J connectivity index is 2.96. The molecule has 0 aromatic carbocycles. The van der Waals surface area contributed by atoms with Crippen molar-refractivity contribution in [2.45, 2.75) is 128 Å². The van der Waals surface area contributed by atoms with E-state index in [1.165, 1.54) is 116 Å². The van der Waals surface area contributed by atoms with Gasteiger partial charge in [-0.05, 0) is 12.5 Å². The van der Waals surface area contributed by atoms with Crippen LogP contribution in [0.2, 0.25) is 6.04 Å². The Kier molecular flexibility index (Phi) is 23.5. The standard InChI is InChI=1S/C21H44Cl2OSi/c22-25(23)21-19-17-15-13-11-9-7-5-3-1-2-4-6-8-10-12-14-16-18-20-24/h24-25H,1-21H2. The molecule has 152 valence electrons. The lowest BCUT2D eigenvalue weighted by molar-refractivity contribution is 0.282. The lowest BCUT2D eigenvalue weighted by Gasteiger charge is -2.04. The van der Waals surface area contributed by atoms with E-state index < -0.39 is 7.42 Å². The van der Waals surface area contributed by atoms with Gasteiger partial charge >= 0.3 is 0 Å². The molecule has 0 unspecified atom stereocenters. The lowest BCUT2D eigenvalue weighted by Crippen LogP contribution is -1.91. The highest BCUT2D eigenvalue weighted by molar-refractivity contribution is 7.33. The normalized spacial score (nSPS) is 11.5. The molecule has 0 fully saturated rings. The second-order valence-corrected chi connectivity index (χ2v) is 12.8. The highest BCUT2D eigenvalue weighted by Crippen LogP contribution is 2.15. The van der Waals surface area contributed by atoms with Crippen molar-refractivity contribution in [3.63, 3.8) is 0 Å². The largest absolute Gasteiger partial charge is 0.396 e. The third-order valence-corrected chi connectivity index (χ3v) is 7.23. The fourth-order valence-corrected chi connectivity index (χ4v) is 4.94. The van der Waals surface area contributed by atoms with E-state index in [0.29, 0.717) is 6.61 Å². The van der Waals surface area contributed by atoms with E-state index >= 15 is 0 Å². The molecule has 0 heterocycles. The number of halogens is 2. The molecule has 0 aliphatic carbocycles. The summed E-state index contributed by atoms with van der Waals surface area (Å²) in [5.41, 5.74) is 0. The average Bonchev–Trinajstić information content (AvgIpc) is 2.60.